The van der Waals surface area contributed by atoms with Crippen LogP contribution in [0.1, 0.15) is 139 Å². The minimum Gasteiger partial charge on any atom is -0.508 e. The Morgan fingerprint density at radius 2 is 0.917 bits per heavy atom. The maximum atomic E-state index is 15.4. The van der Waals surface area contributed by atoms with E-state index in [1.807, 2.05) is 22.6 Å². The van der Waals surface area contributed by atoms with Gasteiger partial charge in [-0.25, -0.2) is 0 Å². The molecule has 133 heavy (non-hydrogen) atoms. The van der Waals surface area contributed by atoms with Gasteiger partial charge in [0.05, 0.1) is 28.8 Å². The van der Waals surface area contributed by atoms with Crippen molar-refractivity contribution in [1.29, 1.82) is 5.41 Å². The van der Waals surface area contributed by atoms with Gasteiger partial charge in [-0.1, -0.05) is 117 Å². The lowest BCUT2D eigenvalue weighted by atomic mass is 9.89. The molecule has 0 aliphatic carbocycles. The van der Waals surface area contributed by atoms with Crippen molar-refractivity contribution < 1.29 is 102 Å². The van der Waals surface area contributed by atoms with Crippen LogP contribution in [0, 0.1) is 23.2 Å². The van der Waals surface area contributed by atoms with Crippen molar-refractivity contribution in [2.75, 3.05) is 37.7 Å². The number of H-pyrrole nitrogens is 1. The fourth-order valence-electron chi connectivity index (χ4n) is 16.1. The van der Waals surface area contributed by atoms with Gasteiger partial charge < -0.3 is 116 Å². The van der Waals surface area contributed by atoms with Crippen molar-refractivity contribution >= 4 is 146 Å². The van der Waals surface area contributed by atoms with Crippen LogP contribution in [0.25, 0.3) is 10.9 Å². The first kappa shape index (κ1) is 104. The van der Waals surface area contributed by atoms with Gasteiger partial charge in [0, 0.05) is 93.4 Å². The molecule has 41 heteroatoms. The zero-order valence-electron chi connectivity index (χ0n) is 74.4. The monoisotopic (exact) mass is 1970 g/mol. The fraction of sp³-hybridized carbons (Fsp3) is 0.467. The largest absolute Gasteiger partial charge is 0.508 e. The summed E-state index contributed by atoms with van der Waals surface area (Å²) in [4.78, 5) is 239. The van der Waals surface area contributed by atoms with E-state index >= 15 is 24.0 Å². The Balaban J connectivity index is 1.07. The van der Waals surface area contributed by atoms with Crippen molar-refractivity contribution in [1.82, 2.24) is 78.6 Å². The van der Waals surface area contributed by atoms with Gasteiger partial charge in [-0.3, -0.25) is 82.1 Å². The molecular weight excluding hydrogens is 1850 g/mol. The number of aromatic hydroxyl groups is 4. The lowest BCUT2D eigenvalue weighted by Gasteiger charge is -2.32. The number of nitrogens with zero attached hydrogens (tertiary/aromatic N) is 2. The van der Waals surface area contributed by atoms with E-state index in [0.717, 1.165) is 11.8 Å². The van der Waals surface area contributed by atoms with Gasteiger partial charge in [-0.2, -0.15) is 0 Å². The number of alkyl halides is 1. The number of halogens is 1. The molecule has 39 nitrogen and oxygen atoms in total. The molecule has 9 rings (SSSR count). The molecule has 3 saturated heterocycles. The number of benzene rings is 5. The molecule has 5 aromatic carbocycles. The Morgan fingerprint density at radius 3 is 1.43 bits per heavy atom. The number of phenols is 4. The van der Waals surface area contributed by atoms with Gasteiger partial charge in [-0.15, -0.1) is 11.8 Å². The number of fused-ring (bicyclic) bond motifs is 3. The Kier molecular flexibility index (Phi) is 39.4. The number of thioether (sulfide) groups is 1. The number of para-hydroxylation sites is 1. The smallest absolute Gasteiger partial charge is 0.303 e. The standard InChI is InChI=1S/C92H119IN18O21S/c1-50(2)37-65-75(116)44-56(11-7-17-80(120)121)81(122)104-66(38-51(3)4)82(123)99-47-78(118)100-70(43-57-46-98-63-13-6-5-12-62(57)63)85(126)105-69(41-54-22-30-60(114)31-23-54)87(128)109-76(93)48-133-49-79(119)101-67(39-52-18-26-58(112)27-19-52)83(124)106-71(45-77(94)117)86(127)108-72(42-55-24-32-61(115)33-25-55)91(132)111-36-10-16-74(111)89(130)107-68(40-53-20-28-59(113)29-21-53)84(125)102-64(14-8-34-97-92(95)96)90(131)110-35-9-15-73(110)88(129)103-65/h5-6,12-13,18-33,46,50-51,56,64-74,76,98,112-115H,7-11,14-17,34-45,47-49H2,1-4H3,(H2,94,117)(H,99,123)(H,100,118)(H,101,119)(H,102,125)(H,103,129)(H,104,122)(H,105,126)(H,106,124)(H,107,130)(H,108,127)(H,109,128)(H,120,121)(H4,95,96,97)/t56-,64+,65+,66+,67-,68+,69+,70+,71+,72+,73+,74+,76+/m1/s1. The summed E-state index contributed by atoms with van der Waals surface area (Å²) in [5, 5.41) is 92.1. The van der Waals surface area contributed by atoms with Crippen LogP contribution in [-0.2, 0) is 109 Å². The van der Waals surface area contributed by atoms with E-state index in [2.05, 4.69) is 68.8 Å². The van der Waals surface area contributed by atoms with Crippen molar-refractivity contribution in [2.45, 2.75) is 214 Å². The number of rotatable bonds is 24. The predicted molar refractivity (Wildman–Crippen MR) is 499 cm³/mol. The van der Waals surface area contributed by atoms with Crippen LogP contribution >= 0.6 is 34.4 Å². The average Bonchev–Trinajstić information content (AvgIpc) is 1.68. The predicted octanol–water partition coefficient (Wildman–Crippen LogP) is 1.65. The molecule has 1 aromatic heterocycles. The second-order valence-corrected chi connectivity index (χ2v) is 36.9. The summed E-state index contributed by atoms with van der Waals surface area (Å²) in [5.74, 6) is -17.6. The Morgan fingerprint density at radius 1 is 0.489 bits per heavy atom. The highest BCUT2D eigenvalue weighted by atomic mass is 127. The van der Waals surface area contributed by atoms with E-state index in [1.165, 1.54) is 107 Å². The summed E-state index contributed by atoms with van der Waals surface area (Å²) in [5.41, 5.74) is 14.3. The molecule has 13 atom stereocenters. The van der Waals surface area contributed by atoms with Gasteiger partial charge in [0.2, 0.25) is 82.7 Å². The van der Waals surface area contributed by atoms with Crippen LogP contribution in [-0.4, -0.2) is 249 Å². The van der Waals surface area contributed by atoms with Crippen LogP contribution in [0.5, 0.6) is 23.0 Å². The number of primary amides is 1. The maximum Gasteiger partial charge on any atom is 0.303 e. The van der Waals surface area contributed by atoms with E-state index < -0.39 is 203 Å². The number of nitrogens with one attached hydrogen (secondary N) is 14. The number of aromatic nitrogens is 1. The number of hydrogen-bond donors (Lipinski definition) is 21. The van der Waals surface area contributed by atoms with E-state index in [1.54, 1.807) is 58.2 Å². The molecule has 6 aromatic rings. The third-order valence-electron chi connectivity index (χ3n) is 22.8. The summed E-state index contributed by atoms with van der Waals surface area (Å²) in [6, 6.07) is 13.4. The van der Waals surface area contributed by atoms with Crippen molar-refractivity contribution in [3.8, 4) is 23.0 Å². The number of phenolic OH excluding ortho intramolecular Hbond substituents is 4. The number of carbonyl (C=O) groups excluding carboxylic acids is 15. The van der Waals surface area contributed by atoms with Crippen LogP contribution in [0.15, 0.2) is 128 Å². The summed E-state index contributed by atoms with van der Waals surface area (Å²) >= 11 is 2.92. The molecular formula is C92H119IN18O21S. The molecule has 4 heterocycles. The van der Waals surface area contributed by atoms with E-state index in [9.17, 15) is 78.3 Å². The van der Waals surface area contributed by atoms with Gasteiger partial charge >= 0.3 is 5.97 Å². The topological polar surface area (TPSA) is 617 Å². The molecule has 0 saturated carbocycles. The molecule has 3 aliphatic heterocycles. The Labute approximate surface area is 786 Å². The molecule has 0 spiro atoms. The zero-order valence-corrected chi connectivity index (χ0v) is 77.3. The third-order valence-corrected chi connectivity index (χ3v) is 25.2. The van der Waals surface area contributed by atoms with Crippen molar-refractivity contribution in [2.24, 2.45) is 29.2 Å². The summed E-state index contributed by atoms with van der Waals surface area (Å²) in [7, 11) is 0. The van der Waals surface area contributed by atoms with Gasteiger partial charge in [0.25, 0.3) is 0 Å². The lowest BCUT2D eigenvalue weighted by molar-refractivity contribution is -0.143. The second kappa shape index (κ2) is 50.5. The van der Waals surface area contributed by atoms with Gasteiger partial charge in [0.1, 0.15) is 83.4 Å². The van der Waals surface area contributed by atoms with E-state index in [0.29, 0.717) is 38.7 Å². The number of carboxylic acids is 1. The van der Waals surface area contributed by atoms with Crippen LogP contribution in [0.3, 0.4) is 0 Å². The summed E-state index contributed by atoms with van der Waals surface area (Å²) in [6.45, 7) is 6.16. The highest BCUT2D eigenvalue weighted by Gasteiger charge is 2.44. The molecule has 3 fully saturated rings. The molecule has 0 radical (unpaired) electrons. The van der Waals surface area contributed by atoms with Crippen LogP contribution < -0.4 is 75.3 Å². The first-order chi connectivity index (χ1) is 63.3. The lowest BCUT2D eigenvalue weighted by Crippen LogP contribution is -2.60. The number of ketones is 1. The van der Waals surface area contributed by atoms with E-state index in [-0.39, 0.29) is 162 Å². The minimum atomic E-state index is -1.87. The molecule has 14 amide bonds. The summed E-state index contributed by atoms with van der Waals surface area (Å²) < 4.78 is -0.803. The average molecular weight is 1970 g/mol. The number of aliphatic carboxylic acids is 1. The highest BCUT2D eigenvalue weighted by Crippen LogP contribution is 2.28. The number of carboxylic acid groups (broad SMARTS) is 1. The van der Waals surface area contributed by atoms with Crippen molar-refractivity contribution in [3.63, 3.8) is 0 Å². The SMILES string of the molecule is CC(C)C[C@@H]1NC(=O)[C@@H]2CCCN2C(=O)[C@H](CCCNC(=N)N)NC(=O)[C@H](Cc2ccc(O)cc2)NC(=O)[C@@H]2CCCN2C(=O)[C@H](Cc2ccc(O)cc2)NC(=O)[C@H](CC(N)=O)NC(=O)[C@@H](Cc2ccc(O)cc2)NC(=O)CSC[C@@H](I)NC(=O)[C@H](Cc2ccc(O)cc2)NC(=O)[C@H](Cc2c[nH]c3ccccc23)NC(=O)CNC(=O)[C@H](CC(C)C)NC(=O)[C@H](CCCC(=O)O)CC1=O. The first-order valence-corrected chi connectivity index (χ1v) is 46.6. The molecule has 0 bridgehead atoms. The number of nitrogens with two attached hydrogens (primary N) is 2. The maximum absolute atomic E-state index is 15.4. The number of guanidine groups is 1. The quantitative estimate of drug-likeness (QED) is 0.0102. The van der Waals surface area contributed by atoms with Gasteiger partial charge in [0.15, 0.2) is 11.7 Å². The summed E-state index contributed by atoms with van der Waals surface area (Å²) in [6.07, 6.45) is -1.47. The third kappa shape index (κ3) is 32.7. The van der Waals surface area contributed by atoms with E-state index in [4.69, 9.17) is 16.9 Å². The highest BCUT2D eigenvalue weighted by molar-refractivity contribution is 14.1. The minimum absolute atomic E-state index is 0.00154. The van der Waals surface area contributed by atoms with Gasteiger partial charge in [-0.05, 0) is 158 Å². The first-order valence-electron chi connectivity index (χ1n) is 44.2. The normalized spacial score (nSPS) is 23.6. The number of aromatic amines is 1. The second-order valence-electron chi connectivity index (χ2n) is 34.4. The zero-order chi connectivity index (χ0) is 96.7. The number of Topliss-reactive ketones (excluding diaryl/α,β-unsaturated/α-hetero) is 1. The Bertz CT molecular complexity index is 5120. The van der Waals surface area contributed by atoms with Crippen LogP contribution in [0.2, 0.25) is 0 Å². The molecule has 716 valence electrons. The Hall–Kier alpha value is -13.1. The molecule has 0 unspecified atom stereocenters. The molecule has 23 N–H and O–H groups in total. The number of hydrogen-bond acceptors (Lipinski definition) is 22. The number of amides is 14. The number of carbonyl (C=O) groups is 16. The molecule has 3 aliphatic rings. The van der Waals surface area contributed by atoms with Crippen molar-refractivity contribution in [3.05, 3.63) is 155 Å². The fourth-order valence-corrected chi connectivity index (χ4v) is 17.9. The van der Waals surface area contributed by atoms with Crippen LogP contribution in [0.4, 0.5) is 0 Å².